The van der Waals surface area contributed by atoms with Crippen LogP contribution >= 0.6 is 0 Å². The number of rotatable bonds is 8. The quantitative estimate of drug-likeness (QED) is 0.158. The highest BCUT2D eigenvalue weighted by Gasteiger charge is 2.39. The van der Waals surface area contributed by atoms with Gasteiger partial charge in [0.15, 0.2) is 0 Å². The molecule has 0 unspecified atom stereocenters. The smallest absolute Gasteiger partial charge is 0.329 e. The number of hydrogen-bond acceptors (Lipinski definition) is 3. The molecular formula is C33H39NO3Si. The van der Waals surface area contributed by atoms with E-state index in [4.69, 9.17) is 4.74 Å². The van der Waals surface area contributed by atoms with E-state index in [2.05, 4.69) is 87.0 Å². The molecule has 0 heterocycles. The maximum atomic E-state index is 13.8. The Bertz CT molecular complexity index is 1170. The molecule has 198 valence electrons. The zero-order chi connectivity index (χ0) is 27.8. The number of hydrogen-bond donors (Lipinski definition) is 1. The summed E-state index contributed by atoms with van der Waals surface area (Å²) in [5.41, 5.74) is 5.69. The van der Waals surface area contributed by atoms with Gasteiger partial charge in [-0.1, -0.05) is 125 Å². The molecule has 1 N–H and O–H groups in total. The zero-order valence-corrected chi connectivity index (χ0v) is 24.4. The highest BCUT2D eigenvalue weighted by atomic mass is 28.3. The number of esters is 1. The molecule has 0 aliphatic heterocycles. The van der Waals surface area contributed by atoms with Gasteiger partial charge in [-0.2, -0.15) is 0 Å². The van der Waals surface area contributed by atoms with E-state index in [9.17, 15) is 9.59 Å². The highest BCUT2D eigenvalue weighted by Crippen LogP contribution is 2.42. The van der Waals surface area contributed by atoms with Gasteiger partial charge in [-0.25, -0.2) is 4.79 Å². The fourth-order valence-electron chi connectivity index (χ4n) is 4.36. The molecule has 0 bridgehead atoms. The van der Waals surface area contributed by atoms with Crippen LogP contribution in [-0.2, 0) is 19.7 Å². The van der Waals surface area contributed by atoms with Crippen LogP contribution in [0.15, 0.2) is 91.0 Å². The van der Waals surface area contributed by atoms with Gasteiger partial charge in [0, 0.05) is 12.8 Å². The molecule has 0 saturated heterocycles. The summed E-state index contributed by atoms with van der Waals surface area (Å²) in [4.78, 5) is 26.5. The molecule has 5 heteroatoms. The number of methoxy groups -OCH3 is 1. The lowest BCUT2D eigenvalue weighted by Crippen LogP contribution is -2.45. The molecule has 38 heavy (non-hydrogen) atoms. The maximum absolute atomic E-state index is 13.8. The summed E-state index contributed by atoms with van der Waals surface area (Å²) in [6, 6.07) is 29.3. The Labute approximate surface area is 228 Å². The Hall–Kier alpha value is -3.62. The van der Waals surface area contributed by atoms with Crippen molar-refractivity contribution in [2.75, 3.05) is 7.11 Å². The number of benzene rings is 3. The molecular weight excluding hydrogens is 486 g/mol. The van der Waals surface area contributed by atoms with Crippen molar-refractivity contribution in [2.45, 2.75) is 63.2 Å². The average molecular weight is 526 g/mol. The third-order valence-corrected chi connectivity index (χ3v) is 12.2. The van der Waals surface area contributed by atoms with Crippen LogP contribution in [0, 0.1) is 11.5 Å². The molecule has 0 radical (unpaired) electrons. The zero-order valence-electron chi connectivity index (χ0n) is 23.4. The number of carbonyl (C=O) groups is 2. The topological polar surface area (TPSA) is 55.4 Å². The molecule has 3 aromatic rings. The number of nitrogens with one attached hydrogen (secondary N) is 1. The van der Waals surface area contributed by atoms with Crippen molar-refractivity contribution in [1.82, 2.24) is 5.32 Å². The van der Waals surface area contributed by atoms with Crippen molar-refractivity contribution in [3.63, 3.8) is 0 Å². The molecule has 3 aromatic carbocycles. The van der Waals surface area contributed by atoms with Crippen molar-refractivity contribution in [3.05, 3.63) is 108 Å². The van der Waals surface area contributed by atoms with Gasteiger partial charge in [0.05, 0.1) is 12.5 Å². The minimum Gasteiger partial charge on any atom is -0.467 e. The Morgan fingerprint density at radius 2 is 1.24 bits per heavy atom. The summed E-state index contributed by atoms with van der Waals surface area (Å²) < 4.78 is 5.04. The van der Waals surface area contributed by atoms with Crippen LogP contribution in [0.4, 0.5) is 0 Å². The van der Waals surface area contributed by atoms with Gasteiger partial charge >= 0.3 is 5.97 Å². The van der Waals surface area contributed by atoms with E-state index in [0.29, 0.717) is 0 Å². The van der Waals surface area contributed by atoms with E-state index in [0.717, 1.165) is 16.7 Å². The van der Waals surface area contributed by atoms with E-state index in [1.807, 2.05) is 54.6 Å². The molecule has 3 rings (SSSR count). The standard InChI is InChI=1S/C33H39NO3Si/c1-32(2,3)38(5,6)24-16-23-29(31(36)37-4)34-30(35)25-33(26-17-10-7-11-18-26,27-19-12-8-13-20-27)28-21-14-9-15-22-28/h7-15,17-22,29H,23,25H2,1-6H3,(H,34,35)/t29-/m1/s1. The van der Waals surface area contributed by atoms with Gasteiger partial charge in [-0.15, -0.1) is 11.5 Å². The lowest BCUT2D eigenvalue weighted by molar-refractivity contribution is -0.145. The van der Waals surface area contributed by atoms with Gasteiger partial charge in [0.25, 0.3) is 0 Å². The number of ether oxygens (including phenoxy) is 1. The third-order valence-electron chi connectivity index (χ3n) is 7.63. The predicted octanol–water partition coefficient (Wildman–Crippen LogP) is 6.51. The Morgan fingerprint density at radius 3 is 1.61 bits per heavy atom. The molecule has 4 nitrogen and oxygen atoms in total. The second-order valence-electron chi connectivity index (χ2n) is 11.2. The molecule has 0 fully saturated rings. The second-order valence-corrected chi connectivity index (χ2v) is 16.2. The second kappa shape index (κ2) is 12.3. The SMILES string of the molecule is COC(=O)[C@@H](CC#C[Si](C)(C)C(C)(C)C)NC(=O)CC(c1ccccc1)(c1ccccc1)c1ccccc1. The van der Waals surface area contributed by atoms with Crippen LogP contribution in [0.3, 0.4) is 0 Å². The van der Waals surface area contributed by atoms with Crippen LogP contribution in [0.25, 0.3) is 0 Å². The summed E-state index contributed by atoms with van der Waals surface area (Å²) in [5, 5.41) is 3.06. The van der Waals surface area contributed by atoms with Crippen LogP contribution in [0.2, 0.25) is 18.1 Å². The van der Waals surface area contributed by atoms with E-state index < -0.39 is 25.5 Å². The first kappa shape index (κ1) is 28.9. The van der Waals surface area contributed by atoms with Gasteiger partial charge in [-0.3, -0.25) is 4.79 Å². The first-order valence-electron chi connectivity index (χ1n) is 13.0. The summed E-state index contributed by atoms with van der Waals surface area (Å²) in [7, 11) is -0.515. The fourth-order valence-corrected chi connectivity index (χ4v) is 5.28. The number of amides is 1. The van der Waals surface area contributed by atoms with Crippen molar-refractivity contribution in [2.24, 2.45) is 0 Å². The summed E-state index contributed by atoms with van der Waals surface area (Å²) >= 11 is 0. The van der Waals surface area contributed by atoms with E-state index in [1.165, 1.54) is 7.11 Å². The van der Waals surface area contributed by atoms with E-state index in [-0.39, 0.29) is 23.8 Å². The lowest BCUT2D eigenvalue weighted by atomic mass is 9.67. The van der Waals surface area contributed by atoms with Crippen LogP contribution in [0.5, 0.6) is 0 Å². The predicted molar refractivity (Wildman–Crippen MR) is 157 cm³/mol. The van der Waals surface area contributed by atoms with Gasteiger partial charge in [0.2, 0.25) is 5.91 Å². The largest absolute Gasteiger partial charge is 0.467 e. The molecule has 0 saturated carbocycles. The van der Waals surface area contributed by atoms with Gasteiger partial charge in [0.1, 0.15) is 14.1 Å². The van der Waals surface area contributed by atoms with E-state index in [1.54, 1.807) is 0 Å². The fraction of sp³-hybridized carbons (Fsp3) is 0.333. The maximum Gasteiger partial charge on any atom is 0.329 e. The first-order valence-corrected chi connectivity index (χ1v) is 16.0. The van der Waals surface area contributed by atoms with Crippen LogP contribution in [0.1, 0.15) is 50.3 Å². The highest BCUT2D eigenvalue weighted by molar-refractivity contribution is 6.87. The van der Waals surface area contributed by atoms with Gasteiger partial charge < -0.3 is 10.1 Å². The first-order chi connectivity index (χ1) is 18.0. The van der Waals surface area contributed by atoms with Crippen molar-refractivity contribution < 1.29 is 14.3 Å². The molecule has 1 amide bonds. The molecule has 1 atom stereocenters. The summed E-state index contributed by atoms with van der Waals surface area (Å²) in [6.07, 6.45) is 0.328. The summed E-state index contributed by atoms with van der Waals surface area (Å²) in [5.74, 6) is 2.47. The van der Waals surface area contributed by atoms with Crippen LogP contribution < -0.4 is 5.32 Å². The van der Waals surface area contributed by atoms with Crippen molar-refractivity contribution in [3.8, 4) is 11.5 Å². The average Bonchev–Trinajstić information content (AvgIpc) is 2.91. The Morgan fingerprint density at radius 1 is 0.816 bits per heavy atom. The third kappa shape index (κ3) is 6.62. The van der Waals surface area contributed by atoms with E-state index >= 15 is 0 Å². The number of carbonyl (C=O) groups excluding carboxylic acids is 2. The Kier molecular flexibility index (Phi) is 9.35. The molecule has 0 spiro atoms. The molecule has 0 aromatic heterocycles. The minimum absolute atomic E-state index is 0.102. The van der Waals surface area contributed by atoms with Crippen molar-refractivity contribution >= 4 is 20.0 Å². The van der Waals surface area contributed by atoms with Gasteiger partial charge in [-0.05, 0) is 21.7 Å². The Balaban J connectivity index is 2.00. The summed E-state index contributed by atoms with van der Waals surface area (Å²) in [6.45, 7) is 11.0. The van der Waals surface area contributed by atoms with Crippen LogP contribution in [-0.4, -0.2) is 33.1 Å². The molecule has 0 aliphatic carbocycles. The molecule has 0 aliphatic rings. The van der Waals surface area contributed by atoms with Crippen molar-refractivity contribution in [1.29, 1.82) is 0 Å². The normalized spacial score (nSPS) is 12.6. The lowest BCUT2D eigenvalue weighted by Gasteiger charge is -2.36. The minimum atomic E-state index is -1.85. The monoisotopic (exact) mass is 525 g/mol.